The zero-order valence-electron chi connectivity index (χ0n) is 20.8. The van der Waals surface area contributed by atoms with Crippen molar-refractivity contribution in [3.05, 3.63) is 91.0 Å². The number of hydrogen-bond acceptors (Lipinski definition) is 6. The van der Waals surface area contributed by atoms with Crippen LogP contribution in [0.4, 0.5) is 5.82 Å². The summed E-state index contributed by atoms with van der Waals surface area (Å²) in [5, 5.41) is 21.7. The molecule has 0 saturated carbocycles. The van der Waals surface area contributed by atoms with Crippen LogP contribution in [0.15, 0.2) is 54.6 Å². The summed E-state index contributed by atoms with van der Waals surface area (Å²) in [6.07, 6.45) is 0.336. The van der Waals surface area contributed by atoms with Gasteiger partial charge in [-0.25, -0.2) is 4.98 Å². The molecule has 12 heteroatoms. The molecule has 0 fully saturated rings. The van der Waals surface area contributed by atoms with Gasteiger partial charge in [-0.2, -0.15) is 0 Å². The SMILES string of the molecule is CC1(C)C[C@@H](NC(=O)Cc2cc([N+](=O)[O-])[nH]n2)c2cc(-c3ccc(Cl)cc3)c(-c3ccc(Cl)cc3Cl)nc2O1. The van der Waals surface area contributed by atoms with Gasteiger partial charge in [0.1, 0.15) is 11.3 Å². The van der Waals surface area contributed by atoms with E-state index in [0.29, 0.717) is 44.2 Å². The van der Waals surface area contributed by atoms with Crippen LogP contribution in [0.5, 0.6) is 5.88 Å². The lowest BCUT2D eigenvalue weighted by molar-refractivity contribution is -0.389. The molecular weight excluding hydrogens is 565 g/mol. The number of H-pyrrole nitrogens is 1. The summed E-state index contributed by atoms with van der Waals surface area (Å²) >= 11 is 18.9. The molecule has 0 unspecified atom stereocenters. The van der Waals surface area contributed by atoms with E-state index in [1.165, 1.54) is 6.07 Å². The molecule has 1 aliphatic rings. The molecule has 5 rings (SSSR count). The van der Waals surface area contributed by atoms with Gasteiger partial charge in [-0.05, 0) is 60.7 Å². The molecule has 2 N–H and O–H groups in total. The first-order valence-electron chi connectivity index (χ1n) is 11.9. The van der Waals surface area contributed by atoms with Gasteiger partial charge >= 0.3 is 5.82 Å². The number of benzene rings is 2. The minimum Gasteiger partial charge on any atom is -0.471 e. The van der Waals surface area contributed by atoms with Crippen molar-refractivity contribution >= 4 is 46.5 Å². The quantitative estimate of drug-likeness (QED) is 0.186. The molecule has 0 bridgehead atoms. The maximum Gasteiger partial charge on any atom is 0.342 e. The van der Waals surface area contributed by atoms with E-state index in [9.17, 15) is 14.9 Å². The summed E-state index contributed by atoms with van der Waals surface area (Å²) in [4.78, 5) is 28.3. The number of carbonyl (C=O) groups is 1. The summed E-state index contributed by atoms with van der Waals surface area (Å²) in [5.41, 5.74) is 3.17. The number of hydrogen-bond donors (Lipinski definition) is 2. The third-order valence-corrected chi connectivity index (χ3v) is 7.09. The Balaban J connectivity index is 1.57. The molecule has 2 aromatic carbocycles. The molecule has 0 spiro atoms. The van der Waals surface area contributed by atoms with Crippen LogP contribution in [0.2, 0.25) is 15.1 Å². The van der Waals surface area contributed by atoms with E-state index in [4.69, 9.17) is 44.5 Å². The average Bonchev–Trinajstić information content (AvgIpc) is 3.32. The first kappa shape index (κ1) is 26.9. The summed E-state index contributed by atoms with van der Waals surface area (Å²) in [5.74, 6) is -0.255. The highest BCUT2D eigenvalue weighted by molar-refractivity contribution is 6.36. The van der Waals surface area contributed by atoms with Crippen LogP contribution in [-0.4, -0.2) is 31.6 Å². The largest absolute Gasteiger partial charge is 0.471 e. The molecule has 1 aliphatic heterocycles. The number of carbonyl (C=O) groups excluding carboxylic acids is 1. The Morgan fingerprint density at radius 3 is 2.49 bits per heavy atom. The Bertz CT molecular complexity index is 1590. The molecule has 0 radical (unpaired) electrons. The number of aromatic amines is 1. The second kappa shape index (κ2) is 10.5. The molecule has 1 amide bonds. The third-order valence-electron chi connectivity index (χ3n) is 6.29. The van der Waals surface area contributed by atoms with Crippen LogP contribution in [0.25, 0.3) is 22.4 Å². The third kappa shape index (κ3) is 5.85. The van der Waals surface area contributed by atoms with Gasteiger partial charge in [-0.1, -0.05) is 52.0 Å². The van der Waals surface area contributed by atoms with Crippen molar-refractivity contribution in [2.45, 2.75) is 38.3 Å². The lowest BCUT2D eigenvalue weighted by Crippen LogP contribution is -2.42. The predicted molar refractivity (Wildman–Crippen MR) is 149 cm³/mol. The van der Waals surface area contributed by atoms with Gasteiger partial charge in [0.25, 0.3) is 0 Å². The molecule has 200 valence electrons. The van der Waals surface area contributed by atoms with E-state index in [1.54, 1.807) is 30.3 Å². The number of pyridine rings is 1. The maximum absolute atomic E-state index is 13.0. The zero-order valence-corrected chi connectivity index (χ0v) is 23.1. The Morgan fingerprint density at radius 1 is 1.10 bits per heavy atom. The van der Waals surface area contributed by atoms with E-state index in [-0.39, 0.29) is 23.8 Å². The Hall–Kier alpha value is -3.66. The Labute approximate surface area is 238 Å². The number of nitrogens with one attached hydrogen (secondary N) is 2. The van der Waals surface area contributed by atoms with Crippen molar-refractivity contribution in [2.24, 2.45) is 0 Å². The first-order chi connectivity index (χ1) is 18.5. The number of amides is 1. The topological polar surface area (TPSA) is 123 Å². The van der Waals surface area contributed by atoms with Crippen molar-refractivity contribution in [1.82, 2.24) is 20.5 Å². The molecule has 4 aromatic rings. The first-order valence-corrected chi connectivity index (χ1v) is 13.1. The lowest BCUT2D eigenvalue weighted by atomic mass is 9.88. The number of rotatable bonds is 6. The molecule has 39 heavy (non-hydrogen) atoms. The molecular formula is C27H22Cl3N5O4. The average molecular weight is 587 g/mol. The van der Waals surface area contributed by atoms with Gasteiger partial charge in [0.05, 0.1) is 29.2 Å². The number of nitro groups is 1. The van der Waals surface area contributed by atoms with Gasteiger partial charge < -0.3 is 20.2 Å². The molecule has 3 heterocycles. The molecule has 1 atom stereocenters. The monoisotopic (exact) mass is 585 g/mol. The summed E-state index contributed by atoms with van der Waals surface area (Å²) in [6.45, 7) is 3.83. The zero-order chi connectivity index (χ0) is 27.9. The highest BCUT2D eigenvalue weighted by Gasteiger charge is 2.37. The standard InChI is InChI=1S/C27H22Cl3N5O4/c1-27(2)13-22(31-24(36)11-17-10-23(34-33-17)35(37)38)20-12-19(14-3-5-15(28)6-4-14)25(32-26(20)39-27)18-8-7-16(29)9-21(18)30/h3-10,12,22H,11,13H2,1-2H3,(H,31,36)(H,33,34)/t22-/m1/s1. The van der Waals surface area contributed by atoms with Crippen LogP contribution in [0, 0.1) is 10.1 Å². The van der Waals surface area contributed by atoms with Crippen molar-refractivity contribution in [3.63, 3.8) is 0 Å². The molecule has 0 saturated heterocycles. The summed E-state index contributed by atoms with van der Waals surface area (Å²) in [6, 6.07) is 15.2. The second-order valence-corrected chi connectivity index (χ2v) is 11.1. The fourth-order valence-corrected chi connectivity index (χ4v) is 5.18. The van der Waals surface area contributed by atoms with Crippen molar-refractivity contribution < 1.29 is 14.5 Å². The van der Waals surface area contributed by atoms with Gasteiger partial charge in [0.2, 0.25) is 11.8 Å². The fraction of sp³-hybridized carbons (Fsp3) is 0.222. The fourth-order valence-electron chi connectivity index (χ4n) is 4.56. The predicted octanol–water partition coefficient (Wildman–Crippen LogP) is 6.97. The highest BCUT2D eigenvalue weighted by atomic mass is 35.5. The van der Waals surface area contributed by atoms with Gasteiger partial charge in [0, 0.05) is 33.2 Å². The van der Waals surface area contributed by atoms with E-state index in [2.05, 4.69) is 15.5 Å². The maximum atomic E-state index is 13.0. The summed E-state index contributed by atoms with van der Waals surface area (Å²) in [7, 11) is 0. The number of fused-ring (bicyclic) bond motifs is 1. The minimum absolute atomic E-state index is 0.132. The van der Waals surface area contributed by atoms with E-state index in [0.717, 1.165) is 11.1 Å². The van der Waals surface area contributed by atoms with Crippen LogP contribution in [0.3, 0.4) is 0 Å². The van der Waals surface area contributed by atoms with Gasteiger partial charge in [-0.3, -0.25) is 4.79 Å². The van der Waals surface area contributed by atoms with E-state index in [1.807, 2.05) is 32.0 Å². The Kier molecular flexibility index (Phi) is 7.24. The lowest BCUT2D eigenvalue weighted by Gasteiger charge is -2.37. The number of halogens is 3. The van der Waals surface area contributed by atoms with E-state index >= 15 is 0 Å². The van der Waals surface area contributed by atoms with Crippen LogP contribution in [-0.2, 0) is 11.2 Å². The van der Waals surface area contributed by atoms with Gasteiger partial charge in [-0.15, -0.1) is 5.10 Å². The second-order valence-electron chi connectivity index (χ2n) is 9.77. The molecule has 2 aromatic heterocycles. The summed E-state index contributed by atoms with van der Waals surface area (Å²) < 4.78 is 6.27. The van der Waals surface area contributed by atoms with Gasteiger partial charge in [0.15, 0.2) is 0 Å². The smallest absolute Gasteiger partial charge is 0.342 e. The van der Waals surface area contributed by atoms with Crippen molar-refractivity contribution in [3.8, 4) is 28.3 Å². The van der Waals surface area contributed by atoms with Crippen LogP contribution < -0.4 is 10.1 Å². The van der Waals surface area contributed by atoms with Crippen molar-refractivity contribution in [1.29, 1.82) is 0 Å². The van der Waals surface area contributed by atoms with Crippen LogP contribution in [0.1, 0.15) is 37.6 Å². The van der Waals surface area contributed by atoms with Crippen LogP contribution >= 0.6 is 34.8 Å². The Morgan fingerprint density at radius 2 is 1.82 bits per heavy atom. The normalized spacial score (nSPS) is 15.8. The number of nitrogens with zero attached hydrogens (tertiary/aromatic N) is 3. The minimum atomic E-state index is -0.647. The number of aromatic nitrogens is 3. The number of ether oxygens (including phenoxy) is 1. The molecule has 0 aliphatic carbocycles. The van der Waals surface area contributed by atoms with Crippen molar-refractivity contribution in [2.75, 3.05) is 0 Å². The molecule has 9 nitrogen and oxygen atoms in total. The van der Waals surface area contributed by atoms with E-state index < -0.39 is 16.6 Å². The highest BCUT2D eigenvalue weighted by Crippen LogP contribution is 2.45.